The molecule has 60 valence electrons. The molecule has 1 atom stereocenters. The summed E-state index contributed by atoms with van der Waals surface area (Å²) in [6, 6.07) is 0. The first kappa shape index (κ1) is 8.37. The number of piperazine rings is 1. The van der Waals surface area contributed by atoms with Crippen LogP contribution in [0.15, 0.2) is 0 Å². The van der Waals surface area contributed by atoms with E-state index in [-0.39, 0.29) is 0 Å². The van der Waals surface area contributed by atoms with Crippen LogP contribution in [0.1, 0.15) is 6.92 Å². The number of rotatable bonds is 2. The van der Waals surface area contributed by atoms with Gasteiger partial charge in [0, 0.05) is 19.6 Å². The molecule has 0 aliphatic carbocycles. The predicted molar refractivity (Wildman–Crippen MR) is 47.4 cm³/mol. The van der Waals surface area contributed by atoms with Crippen LogP contribution in [0.25, 0.3) is 0 Å². The number of hydrogen-bond acceptors (Lipinski definition) is 3. The molecule has 0 amide bonds. The van der Waals surface area contributed by atoms with Gasteiger partial charge in [0.1, 0.15) is 0 Å². The Labute approximate surface area is 67.4 Å². The number of likely N-dealkylation sites (N-methyl/N-ethyl adjacent to an activating group) is 1. The minimum atomic E-state index is 0.670. The molecule has 0 saturated carbocycles. The zero-order valence-electron chi connectivity index (χ0n) is 6.76. The lowest BCUT2D eigenvalue weighted by Crippen LogP contribution is -2.47. The van der Waals surface area contributed by atoms with E-state index in [1.807, 2.05) is 11.8 Å². The molecule has 1 saturated heterocycles. The Hall–Kier alpha value is 0.270. The van der Waals surface area contributed by atoms with Crippen LogP contribution in [-0.2, 0) is 0 Å². The molecule has 0 bridgehead atoms. The van der Waals surface area contributed by atoms with Gasteiger partial charge in [0.25, 0.3) is 0 Å². The van der Waals surface area contributed by atoms with E-state index in [4.69, 9.17) is 0 Å². The van der Waals surface area contributed by atoms with Crippen molar-refractivity contribution in [1.29, 1.82) is 0 Å². The lowest BCUT2D eigenvalue weighted by atomic mass is 10.4. The largest absolute Gasteiger partial charge is 0.303 e. The molecule has 1 fully saturated rings. The Morgan fingerprint density at radius 3 is 3.10 bits per heavy atom. The van der Waals surface area contributed by atoms with Crippen molar-refractivity contribution in [3.05, 3.63) is 0 Å². The average molecular weight is 160 g/mol. The maximum atomic E-state index is 3.47. The van der Waals surface area contributed by atoms with Gasteiger partial charge in [0.15, 0.2) is 0 Å². The van der Waals surface area contributed by atoms with Crippen molar-refractivity contribution in [2.24, 2.45) is 0 Å². The summed E-state index contributed by atoms with van der Waals surface area (Å²) in [7, 11) is 2.18. The van der Waals surface area contributed by atoms with E-state index >= 15 is 0 Å². The van der Waals surface area contributed by atoms with Crippen LogP contribution >= 0.6 is 11.8 Å². The zero-order valence-corrected chi connectivity index (χ0v) is 7.58. The monoisotopic (exact) mass is 160 g/mol. The van der Waals surface area contributed by atoms with Gasteiger partial charge in [-0.2, -0.15) is 0 Å². The summed E-state index contributed by atoms with van der Waals surface area (Å²) in [6.07, 6.45) is 0. The molecule has 0 radical (unpaired) electrons. The van der Waals surface area contributed by atoms with E-state index in [9.17, 15) is 0 Å². The first-order valence-corrected chi connectivity index (χ1v) is 4.91. The third-order valence-corrected chi connectivity index (χ3v) is 2.76. The molecule has 1 aliphatic rings. The van der Waals surface area contributed by atoms with Crippen molar-refractivity contribution in [2.45, 2.75) is 12.3 Å². The summed E-state index contributed by atoms with van der Waals surface area (Å²) in [4.78, 5) is 2.38. The quantitative estimate of drug-likeness (QED) is 0.637. The fraction of sp³-hybridized carbons (Fsp3) is 1.00. The molecule has 1 N–H and O–H groups in total. The molecule has 0 spiro atoms. The molecule has 0 aromatic rings. The van der Waals surface area contributed by atoms with E-state index < -0.39 is 0 Å². The summed E-state index contributed by atoms with van der Waals surface area (Å²) >= 11 is 2.00. The average Bonchev–Trinajstić information content (AvgIpc) is 1.88. The minimum Gasteiger partial charge on any atom is -0.303 e. The second-order valence-corrected chi connectivity index (χ2v) is 4.14. The van der Waals surface area contributed by atoms with Crippen LogP contribution < -0.4 is 5.32 Å². The van der Waals surface area contributed by atoms with E-state index in [1.54, 1.807) is 0 Å². The number of nitrogens with one attached hydrogen (secondary N) is 1. The molecule has 1 aliphatic heterocycles. The maximum Gasteiger partial charge on any atom is 0.0661 e. The highest BCUT2D eigenvalue weighted by Crippen LogP contribution is 2.10. The van der Waals surface area contributed by atoms with Gasteiger partial charge < -0.3 is 10.2 Å². The van der Waals surface area contributed by atoms with Crippen molar-refractivity contribution < 1.29 is 0 Å². The molecule has 10 heavy (non-hydrogen) atoms. The van der Waals surface area contributed by atoms with E-state index in [0.29, 0.717) is 5.37 Å². The predicted octanol–water partition coefficient (Wildman–Crippen LogP) is 0.601. The molecule has 1 rings (SSSR count). The lowest BCUT2D eigenvalue weighted by Gasteiger charge is -2.30. The van der Waals surface area contributed by atoms with Crippen molar-refractivity contribution >= 4 is 11.8 Å². The first-order chi connectivity index (χ1) is 4.83. The molecular formula is C7H16N2S. The molecular weight excluding hydrogens is 144 g/mol. The molecule has 2 nitrogen and oxygen atoms in total. The number of thioether (sulfide) groups is 1. The summed E-state index contributed by atoms with van der Waals surface area (Å²) in [5, 5.41) is 4.14. The molecule has 3 heteroatoms. The second kappa shape index (κ2) is 4.21. The summed E-state index contributed by atoms with van der Waals surface area (Å²) in [6.45, 7) is 5.74. The Kier molecular flexibility index (Phi) is 3.52. The highest BCUT2D eigenvalue weighted by atomic mass is 32.2. The fourth-order valence-corrected chi connectivity index (χ4v) is 2.17. The highest BCUT2D eigenvalue weighted by Gasteiger charge is 2.14. The summed E-state index contributed by atoms with van der Waals surface area (Å²) in [5.41, 5.74) is 0. The van der Waals surface area contributed by atoms with Gasteiger partial charge >= 0.3 is 0 Å². The van der Waals surface area contributed by atoms with Crippen LogP contribution in [-0.4, -0.2) is 42.7 Å². The zero-order chi connectivity index (χ0) is 7.40. The van der Waals surface area contributed by atoms with Gasteiger partial charge in [-0.05, 0) is 12.8 Å². The number of nitrogens with zero attached hydrogens (tertiary/aromatic N) is 1. The van der Waals surface area contributed by atoms with Crippen LogP contribution in [0.5, 0.6) is 0 Å². The second-order valence-electron chi connectivity index (χ2n) is 2.66. The van der Waals surface area contributed by atoms with Crippen molar-refractivity contribution in [2.75, 3.05) is 32.4 Å². The maximum absolute atomic E-state index is 3.47. The van der Waals surface area contributed by atoms with E-state index in [0.717, 1.165) is 6.54 Å². The van der Waals surface area contributed by atoms with Crippen LogP contribution in [0.2, 0.25) is 0 Å². The highest BCUT2D eigenvalue weighted by molar-refractivity contribution is 7.99. The van der Waals surface area contributed by atoms with Crippen molar-refractivity contribution in [3.8, 4) is 0 Å². The van der Waals surface area contributed by atoms with Crippen LogP contribution in [0, 0.1) is 0 Å². The van der Waals surface area contributed by atoms with Gasteiger partial charge in [-0.15, -0.1) is 11.8 Å². The Morgan fingerprint density at radius 1 is 1.70 bits per heavy atom. The molecule has 1 unspecified atom stereocenters. The lowest BCUT2D eigenvalue weighted by molar-refractivity contribution is 0.278. The third kappa shape index (κ3) is 2.48. The standard InChI is InChI=1S/C7H16N2S/c1-3-10-7-6-9(2)5-4-8-7/h7-8H,3-6H2,1-2H3. The van der Waals surface area contributed by atoms with E-state index in [2.05, 4.69) is 24.2 Å². The van der Waals surface area contributed by atoms with Gasteiger partial charge in [-0.1, -0.05) is 6.92 Å². The van der Waals surface area contributed by atoms with Gasteiger partial charge in [-0.25, -0.2) is 0 Å². The molecule has 1 heterocycles. The number of hydrogen-bond donors (Lipinski definition) is 1. The Morgan fingerprint density at radius 2 is 2.50 bits per heavy atom. The van der Waals surface area contributed by atoms with Crippen LogP contribution in [0.4, 0.5) is 0 Å². The van der Waals surface area contributed by atoms with Gasteiger partial charge in [-0.3, -0.25) is 0 Å². The smallest absolute Gasteiger partial charge is 0.0661 e. The Bertz CT molecular complexity index is 95.6. The fourth-order valence-electron chi connectivity index (χ4n) is 1.17. The van der Waals surface area contributed by atoms with Crippen LogP contribution in [0.3, 0.4) is 0 Å². The topological polar surface area (TPSA) is 15.3 Å². The van der Waals surface area contributed by atoms with Crippen molar-refractivity contribution in [1.82, 2.24) is 10.2 Å². The Balaban J connectivity index is 2.18. The molecule has 0 aromatic heterocycles. The SMILES string of the molecule is CCSC1CN(C)CCN1. The summed E-state index contributed by atoms with van der Waals surface area (Å²) in [5.74, 6) is 1.21. The first-order valence-electron chi connectivity index (χ1n) is 3.86. The van der Waals surface area contributed by atoms with Gasteiger partial charge in [0.05, 0.1) is 5.37 Å². The summed E-state index contributed by atoms with van der Waals surface area (Å²) < 4.78 is 0. The minimum absolute atomic E-state index is 0.670. The van der Waals surface area contributed by atoms with E-state index in [1.165, 1.54) is 18.8 Å². The van der Waals surface area contributed by atoms with Crippen molar-refractivity contribution in [3.63, 3.8) is 0 Å². The van der Waals surface area contributed by atoms with Gasteiger partial charge in [0.2, 0.25) is 0 Å². The third-order valence-electron chi connectivity index (χ3n) is 1.71. The molecule has 0 aromatic carbocycles. The normalized spacial score (nSPS) is 28.8.